The molecule has 1 atom stereocenters. The van der Waals surface area contributed by atoms with Crippen LogP contribution in [0, 0.1) is 0 Å². The summed E-state index contributed by atoms with van der Waals surface area (Å²) in [6.07, 6.45) is 4.97. The van der Waals surface area contributed by atoms with E-state index in [4.69, 9.17) is 14.2 Å². The molecule has 2 N–H and O–H groups in total. The second kappa shape index (κ2) is 8.51. The molecular formula is C19H26N2O5. The zero-order valence-electron chi connectivity index (χ0n) is 15.1. The molecule has 0 aromatic heterocycles. The molecule has 1 heterocycles. The summed E-state index contributed by atoms with van der Waals surface area (Å²) in [4.78, 5) is 24.2. The fourth-order valence-corrected chi connectivity index (χ4v) is 3.39. The average molecular weight is 362 g/mol. The molecule has 2 aliphatic rings. The first-order valence-corrected chi connectivity index (χ1v) is 9.25. The number of amides is 2. The van der Waals surface area contributed by atoms with Gasteiger partial charge in [0.05, 0.1) is 18.9 Å². The molecule has 7 heteroatoms. The Hall–Kier alpha value is -2.12. The molecule has 2 amide bonds. The van der Waals surface area contributed by atoms with Crippen molar-refractivity contribution in [3.8, 4) is 5.75 Å². The van der Waals surface area contributed by atoms with Gasteiger partial charge >= 0.3 is 11.8 Å². The van der Waals surface area contributed by atoms with Crippen LogP contribution >= 0.6 is 0 Å². The van der Waals surface area contributed by atoms with Gasteiger partial charge in [0, 0.05) is 19.4 Å². The van der Waals surface area contributed by atoms with Gasteiger partial charge < -0.3 is 24.8 Å². The van der Waals surface area contributed by atoms with Crippen molar-refractivity contribution in [2.24, 2.45) is 0 Å². The first-order chi connectivity index (χ1) is 12.6. The number of anilines is 1. The molecular weight excluding hydrogens is 336 g/mol. The quantitative estimate of drug-likeness (QED) is 0.785. The maximum Gasteiger partial charge on any atom is 0.313 e. The summed E-state index contributed by atoms with van der Waals surface area (Å²) in [5.41, 5.74) is 0.469. The second-order valence-electron chi connectivity index (χ2n) is 6.62. The van der Waals surface area contributed by atoms with Gasteiger partial charge in [-0.25, -0.2) is 0 Å². The molecule has 1 saturated heterocycles. The van der Waals surface area contributed by atoms with Crippen molar-refractivity contribution in [3.05, 3.63) is 24.3 Å². The lowest BCUT2D eigenvalue weighted by Gasteiger charge is -2.31. The van der Waals surface area contributed by atoms with Crippen LogP contribution in [0.5, 0.6) is 5.75 Å². The molecule has 1 aromatic carbocycles. The Morgan fingerprint density at radius 2 is 1.96 bits per heavy atom. The Morgan fingerprint density at radius 3 is 2.73 bits per heavy atom. The molecule has 1 aliphatic heterocycles. The van der Waals surface area contributed by atoms with E-state index in [1.165, 1.54) is 6.42 Å². The average Bonchev–Trinajstić information content (AvgIpc) is 3.04. The van der Waals surface area contributed by atoms with Gasteiger partial charge in [0.25, 0.3) is 0 Å². The molecule has 0 unspecified atom stereocenters. The minimum Gasteiger partial charge on any atom is -0.492 e. The Bertz CT molecular complexity index is 643. The highest BCUT2D eigenvalue weighted by Crippen LogP contribution is 2.37. The lowest BCUT2D eigenvalue weighted by Crippen LogP contribution is -2.41. The minimum absolute atomic E-state index is 0.222. The van der Waals surface area contributed by atoms with Crippen molar-refractivity contribution in [1.82, 2.24) is 5.32 Å². The van der Waals surface area contributed by atoms with Crippen molar-refractivity contribution in [3.63, 3.8) is 0 Å². The van der Waals surface area contributed by atoms with E-state index in [1.54, 1.807) is 24.3 Å². The number of benzene rings is 1. The van der Waals surface area contributed by atoms with Crippen LogP contribution < -0.4 is 15.4 Å². The van der Waals surface area contributed by atoms with E-state index < -0.39 is 17.6 Å². The zero-order chi connectivity index (χ0) is 18.4. The Morgan fingerprint density at radius 1 is 1.19 bits per heavy atom. The number of nitrogens with one attached hydrogen (secondary N) is 2. The predicted molar refractivity (Wildman–Crippen MR) is 95.9 cm³/mol. The molecule has 142 valence electrons. The van der Waals surface area contributed by atoms with Crippen molar-refractivity contribution in [2.75, 3.05) is 25.1 Å². The van der Waals surface area contributed by atoms with Gasteiger partial charge in [-0.1, -0.05) is 18.6 Å². The Kier molecular flexibility index (Phi) is 6.11. The van der Waals surface area contributed by atoms with Gasteiger partial charge in [-0.2, -0.15) is 0 Å². The van der Waals surface area contributed by atoms with Crippen LogP contribution in [0.4, 0.5) is 5.69 Å². The molecule has 1 aliphatic carbocycles. The summed E-state index contributed by atoms with van der Waals surface area (Å²) < 4.78 is 17.3. The Labute approximate surface area is 153 Å². The topological polar surface area (TPSA) is 85.9 Å². The summed E-state index contributed by atoms with van der Waals surface area (Å²) in [7, 11) is 0. The number of hydrogen-bond donors (Lipinski definition) is 2. The number of hydrogen-bond acceptors (Lipinski definition) is 5. The third-order valence-corrected chi connectivity index (χ3v) is 4.66. The van der Waals surface area contributed by atoms with Crippen molar-refractivity contribution in [1.29, 1.82) is 0 Å². The first-order valence-electron chi connectivity index (χ1n) is 9.25. The summed E-state index contributed by atoms with van der Waals surface area (Å²) in [6.45, 7) is 3.02. The van der Waals surface area contributed by atoms with Gasteiger partial charge in [-0.3, -0.25) is 9.59 Å². The highest BCUT2D eigenvalue weighted by molar-refractivity contribution is 6.39. The summed E-state index contributed by atoms with van der Waals surface area (Å²) >= 11 is 0. The molecule has 3 rings (SSSR count). The summed E-state index contributed by atoms with van der Waals surface area (Å²) in [5, 5.41) is 5.20. The fraction of sp³-hybridized carbons (Fsp3) is 0.579. The van der Waals surface area contributed by atoms with E-state index in [9.17, 15) is 9.59 Å². The van der Waals surface area contributed by atoms with Gasteiger partial charge in [0.2, 0.25) is 0 Å². The number of para-hydroxylation sites is 2. The van der Waals surface area contributed by atoms with E-state index in [1.807, 2.05) is 6.92 Å². The molecule has 26 heavy (non-hydrogen) atoms. The molecule has 1 aromatic rings. The molecule has 2 fully saturated rings. The van der Waals surface area contributed by atoms with Crippen LogP contribution in [0.2, 0.25) is 0 Å². The molecule has 1 spiro atoms. The molecule has 1 saturated carbocycles. The maximum absolute atomic E-state index is 12.1. The lowest BCUT2D eigenvalue weighted by atomic mass is 9.94. The van der Waals surface area contributed by atoms with Crippen LogP contribution in [0.15, 0.2) is 24.3 Å². The van der Waals surface area contributed by atoms with Gasteiger partial charge in [-0.15, -0.1) is 0 Å². The SMILES string of the molecule is CCOc1ccccc1NC(=O)C(=O)NC[C@H]1COC2(CCCCC2)O1. The normalized spacial score (nSPS) is 21.3. The van der Waals surface area contributed by atoms with Crippen LogP contribution in [0.1, 0.15) is 39.0 Å². The predicted octanol–water partition coefficient (Wildman–Crippen LogP) is 2.22. The van der Waals surface area contributed by atoms with Crippen molar-refractivity contribution >= 4 is 17.5 Å². The third-order valence-electron chi connectivity index (χ3n) is 4.66. The number of ether oxygens (including phenoxy) is 3. The van der Waals surface area contributed by atoms with Crippen LogP contribution in [0.25, 0.3) is 0 Å². The highest BCUT2D eigenvalue weighted by Gasteiger charge is 2.42. The molecule has 0 radical (unpaired) electrons. The molecule has 0 bridgehead atoms. The van der Waals surface area contributed by atoms with Crippen molar-refractivity contribution < 1.29 is 23.8 Å². The van der Waals surface area contributed by atoms with Gasteiger partial charge in [0.15, 0.2) is 5.79 Å². The van der Waals surface area contributed by atoms with Gasteiger partial charge in [0.1, 0.15) is 11.9 Å². The lowest BCUT2D eigenvalue weighted by molar-refractivity contribution is -0.186. The van der Waals surface area contributed by atoms with E-state index in [0.717, 1.165) is 25.7 Å². The van der Waals surface area contributed by atoms with E-state index in [-0.39, 0.29) is 12.6 Å². The minimum atomic E-state index is -0.733. The third kappa shape index (κ3) is 4.53. The van der Waals surface area contributed by atoms with Crippen LogP contribution in [-0.4, -0.2) is 43.5 Å². The monoisotopic (exact) mass is 362 g/mol. The molecule has 7 nitrogen and oxygen atoms in total. The Balaban J connectivity index is 1.47. The number of carbonyl (C=O) groups is 2. The van der Waals surface area contributed by atoms with Gasteiger partial charge in [-0.05, 0) is 31.9 Å². The summed E-state index contributed by atoms with van der Waals surface area (Å²) in [5.74, 6) is -1.39. The van der Waals surface area contributed by atoms with E-state index in [0.29, 0.717) is 24.7 Å². The number of carbonyl (C=O) groups excluding carboxylic acids is 2. The van der Waals surface area contributed by atoms with E-state index in [2.05, 4.69) is 10.6 Å². The largest absolute Gasteiger partial charge is 0.492 e. The first kappa shape index (κ1) is 18.7. The van der Waals surface area contributed by atoms with Crippen LogP contribution in [-0.2, 0) is 19.1 Å². The zero-order valence-corrected chi connectivity index (χ0v) is 15.1. The standard InChI is InChI=1S/C19H26N2O5/c1-2-24-16-9-5-4-8-15(16)21-18(23)17(22)20-12-14-13-25-19(26-14)10-6-3-7-11-19/h4-5,8-9,14H,2-3,6-7,10-13H2,1H3,(H,20,22)(H,21,23)/t14-/m0/s1. The van der Waals surface area contributed by atoms with Crippen LogP contribution in [0.3, 0.4) is 0 Å². The fourth-order valence-electron chi connectivity index (χ4n) is 3.39. The summed E-state index contributed by atoms with van der Waals surface area (Å²) in [6, 6.07) is 7.00. The second-order valence-corrected chi connectivity index (χ2v) is 6.62. The number of rotatable bonds is 5. The van der Waals surface area contributed by atoms with E-state index >= 15 is 0 Å². The maximum atomic E-state index is 12.1. The smallest absolute Gasteiger partial charge is 0.313 e. The highest BCUT2D eigenvalue weighted by atomic mass is 16.7. The van der Waals surface area contributed by atoms with Crippen molar-refractivity contribution in [2.45, 2.75) is 50.9 Å².